The van der Waals surface area contributed by atoms with E-state index < -0.39 is 0 Å². The van der Waals surface area contributed by atoms with Gasteiger partial charge in [-0.15, -0.1) is 10.2 Å². The number of aryl methyl sites for hydroxylation is 1. The van der Waals surface area contributed by atoms with Crippen LogP contribution in [0, 0.1) is 12.3 Å². The van der Waals surface area contributed by atoms with E-state index in [9.17, 15) is 0 Å². The van der Waals surface area contributed by atoms with E-state index in [2.05, 4.69) is 10.2 Å². The Kier molecular flexibility index (Phi) is 2.11. The van der Waals surface area contributed by atoms with E-state index in [1.54, 1.807) is 11.8 Å². The molecule has 0 amide bonds. The van der Waals surface area contributed by atoms with Crippen molar-refractivity contribution in [1.29, 1.82) is 5.41 Å². The van der Waals surface area contributed by atoms with E-state index in [0.29, 0.717) is 11.8 Å². The maximum absolute atomic E-state index is 7.39. The Morgan fingerprint density at radius 1 is 1.64 bits per heavy atom. The Labute approximate surface area is 81.6 Å². The summed E-state index contributed by atoms with van der Waals surface area (Å²) in [6.07, 6.45) is 1.92. The fraction of sp³-hybridized carbons (Fsp3) is 0.625. The van der Waals surface area contributed by atoms with E-state index in [1.807, 2.05) is 0 Å². The lowest BCUT2D eigenvalue weighted by Crippen LogP contribution is -2.35. The number of likely N-dealkylation sites (tertiary alicyclic amines) is 1. The lowest BCUT2D eigenvalue weighted by Gasteiger charge is -2.21. The van der Waals surface area contributed by atoms with Gasteiger partial charge in [0.05, 0.1) is 0 Å². The Morgan fingerprint density at radius 3 is 3.00 bits per heavy atom. The molecule has 14 heavy (non-hydrogen) atoms. The third kappa shape index (κ3) is 1.43. The molecule has 0 aromatic carbocycles. The second kappa shape index (κ2) is 3.28. The average molecular weight is 195 g/mol. The van der Waals surface area contributed by atoms with Gasteiger partial charge in [-0.3, -0.25) is 5.41 Å². The first-order chi connectivity index (χ1) is 6.68. The summed E-state index contributed by atoms with van der Waals surface area (Å²) in [7, 11) is 0. The highest BCUT2D eigenvalue weighted by Gasteiger charge is 2.30. The van der Waals surface area contributed by atoms with Crippen molar-refractivity contribution in [2.45, 2.75) is 25.8 Å². The zero-order chi connectivity index (χ0) is 10.1. The van der Waals surface area contributed by atoms with Crippen molar-refractivity contribution in [3.8, 4) is 0 Å². The molecule has 1 aliphatic rings. The van der Waals surface area contributed by atoms with Crippen molar-refractivity contribution >= 4 is 5.96 Å². The summed E-state index contributed by atoms with van der Waals surface area (Å²) >= 11 is 0. The van der Waals surface area contributed by atoms with Gasteiger partial charge in [-0.05, 0) is 12.8 Å². The molecule has 1 atom stereocenters. The molecular weight excluding hydrogens is 182 g/mol. The molecular formula is C8H13N5O. The van der Waals surface area contributed by atoms with Gasteiger partial charge in [0, 0.05) is 13.5 Å². The van der Waals surface area contributed by atoms with Crippen LogP contribution in [0.4, 0.5) is 0 Å². The van der Waals surface area contributed by atoms with E-state index in [1.165, 1.54) is 0 Å². The first-order valence-corrected chi connectivity index (χ1v) is 4.59. The quantitative estimate of drug-likeness (QED) is 0.500. The second-order valence-corrected chi connectivity index (χ2v) is 3.40. The molecule has 0 unspecified atom stereocenters. The minimum Gasteiger partial charge on any atom is -0.423 e. The molecule has 76 valence electrons. The lowest BCUT2D eigenvalue weighted by atomic mass is 10.2. The molecule has 6 heteroatoms. The summed E-state index contributed by atoms with van der Waals surface area (Å²) in [4.78, 5) is 1.78. The van der Waals surface area contributed by atoms with Crippen LogP contribution in [0.5, 0.6) is 0 Å². The van der Waals surface area contributed by atoms with Crippen LogP contribution in [0.25, 0.3) is 0 Å². The lowest BCUT2D eigenvalue weighted by molar-refractivity contribution is 0.315. The van der Waals surface area contributed by atoms with Crippen LogP contribution in [0.2, 0.25) is 0 Å². The van der Waals surface area contributed by atoms with Crippen LogP contribution >= 0.6 is 0 Å². The summed E-state index contributed by atoms with van der Waals surface area (Å²) in [5, 5.41) is 15.1. The number of rotatable bonds is 1. The van der Waals surface area contributed by atoms with Gasteiger partial charge in [0.1, 0.15) is 6.04 Å². The maximum Gasteiger partial charge on any atom is 0.238 e. The normalized spacial score (nSPS) is 21.5. The molecule has 1 aliphatic heterocycles. The predicted molar refractivity (Wildman–Crippen MR) is 49.6 cm³/mol. The zero-order valence-corrected chi connectivity index (χ0v) is 8.03. The largest absolute Gasteiger partial charge is 0.423 e. The zero-order valence-electron chi connectivity index (χ0n) is 8.03. The van der Waals surface area contributed by atoms with Crippen molar-refractivity contribution in [3.05, 3.63) is 11.8 Å². The molecule has 1 saturated heterocycles. The van der Waals surface area contributed by atoms with E-state index in [-0.39, 0.29) is 12.0 Å². The van der Waals surface area contributed by atoms with Gasteiger partial charge in [-0.2, -0.15) is 0 Å². The molecule has 0 aliphatic carbocycles. The molecule has 1 fully saturated rings. The van der Waals surface area contributed by atoms with Crippen LogP contribution in [0.15, 0.2) is 4.42 Å². The van der Waals surface area contributed by atoms with Crippen LogP contribution < -0.4 is 5.73 Å². The highest BCUT2D eigenvalue weighted by molar-refractivity contribution is 5.75. The smallest absolute Gasteiger partial charge is 0.238 e. The van der Waals surface area contributed by atoms with E-state index in [4.69, 9.17) is 15.6 Å². The molecule has 2 rings (SSSR count). The first-order valence-electron chi connectivity index (χ1n) is 4.59. The van der Waals surface area contributed by atoms with Crippen LogP contribution in [-0.2, 0) is 0 Å². The van der Waals surface area contributed by atoms with E-state index in [0.717, 1.165) is 19.4 Å². The first kappa shape index (κ1) is 8.98. The van der Waals surface area contributed by atoms with Gasteiger partial charge in [-0.1, -0.05) is 0 Å². The highest BCUT2D eigenvalue weighted by Crippen LogP contribution is 2.30. The number of nitrogens with zero attached hydrogens (tertiary/aromatic N) is 3. The average Bonchev–Trinajstić information content (AvgIpc) is 2.70. The van der Waals surface area contributed by atoms with Crippen molar-refractivity contribution in [3.63, 3.8) is 0 Å². The monoisotopic (exact) mass is 195 g/mol. The Morgan fingerprint density at radius 2 is 2.43 bits per heavy atom. The second-order valence-electron chi connectivity index (χ2n) is 3.40. The number of aromatic nitrogens is 2. The van der Waals surface area contributed by atoms with Gasteiger partial charge in [-0.25, -0.2) is 0 Å². The molecule has 2 heterocycles. The topological polar surface area (TPSA) is 92.0 Å². The molecule has 0 bridgehead atoms. The summed E-state index contributed by atoms with van der Waals surface area (Å²) in [5.41, 5.74) is 5.45. The number of nitrogens with one attached hydrogen (secondary N) is 1. The third-order valence-electron chi connectivity index (χ3n) is 2.39. The summed E-state index contributed by atoms with van der Waals surface area (Å²) in [5.74, 6) is 1.19. The minimum atomic E-state index is -0.00583. The Balaban J connectivity index is 2.21. The minimum absolute atomic E-state index is 0.00583. The third-order valence-corrected chi connectivity index (χ3v) is 2.39. The molecule has 6 nitrogen and oxygen atoms in total. The molecule has 1 aromatic rings. The standard InChI is InChI=1S/C8H13N5O/c1-5-11-12-7(14-5)6-3-2-4-13(6)8(9)10/h6H,2-4H2,1H3,(H3,9,10)/t6-/m0/s1. The predicted octanol–water partition coefficient (Wildman–Crippen LogP) is 0.408. The maximum atomic E-state index is 7.39. The number of nitrogens with two attached hydrogens (primary N) is 1. The van der Waals surface area contributed by atoms with Crippen LogP contribution in [0.3, 0.4) is 0 Å². The van der Waals surface area contributed by atoms with Crippen molar-refractivity contribution in [2.24, 2.45) is 5.73 Å². The van der Waals surface area contributed by atoms with Crippen molar-refractivity contribution in [1.82, 2.24) is 15.1 Å². The fourth-order valence-corrected chi connectivity index (χ4v) is 1.76. The SMILES string of the molecule is Cc1nnc([C@@H]2CCCN2C(=N)N)o1. The summed E-state index contributed by atoms with van der Waals surface area (Å²) < 4.78 is 5.33. The molecule has 0 spiro atoms. The van der Waals surface area contributed by atoms with Gasteiger partial charge >= 0.3 is 0 Å². The van der Waals surface area contributed by atoms with E-state index >= 15 is 0 Å². The molecule has 1 aromatic heterocycles. The van der Waals surface area contributed by atoms with Gasteiger partial charge in [0.25, 0.3) is 0 Å². The van der Waals surface area contributed by atoms with Crippen molar-refractivity contribution in [2.75, 3.05) is 6.54 Å². The van der Waals surface area contributed by atoms with Gasteiger partial charge in [0.2, 0.25) is 11.8 Å². The Bertz CT molecular complexity index is 347. The van der Waals surface area contributed by atoms with Crippen LogP contribution in [0.1, 0.15) is 30.7 Å². The summed E-state index contributed by atoms with van der Waals surface area (Å²) in [6.45, 7) is 2.55. The van der Waals surface area contributed by atoms with Gasteiger partial charge in [0.15, 0.2) is 5.96 Å². The fourth-order valence-electron chi connectivity index (χ4n) is 1.76. The number of guanidine groups is 1. The van der Waals surface area contributed by atoms with Crippen molar-refractivity contribution < 1.29 is 4.42 Å². The molecule has 0 radical (unpaired) electrons. The number of hydrogen-bond donors (Lipinski definition) is 2. The highest BCUT2D eigenvalue weighted by atomic mass is 16.4. The summed E-state index contributed by atoms with van der Waals surface area (Å²) in [6, 6.07) is -0.00583. The van der Waals surface area contributed by atoms with Gasteiger partial charge < -0.3 is 15.1 Å². The molecule has 3 N–H and O–H groups in total. The number of hydrogen-bond acceptors (Lipinski definition) is 4. The van der Waals surface area contributed by atoms with Crippen LogP contribution in [-0.4, -0.2) is 27.6 Å². The Hall–Kier alpha value is -1.59. The molecule has 0 saturated carbocycles.